The molecule has 4 rings (SSSR count). The van der Waals surface area contributed by atoms with E-state index >= 15 is 0 Å². The van der Waals surface area contributed by atoms with Crippen molar-refractivity contribution < 1.29 is 9.18 Å². The lowest BCUT2D eigenvalue weighted by Gasteiger charge is -2.11. The number of halogens is 1. The van der Waals surface area contributed by atoms with Crippen LogP contribution in [-0.4, -0.2) is 25.4 Å². The first-order valence-electron chi connectivity index (χ1n) is 8.32. The van der Waals surface area contributed by atoms with Gasteiger partial charge in [0.05, 0.1) is 18.1 Å². The third-order valence-corrected chi connectivity index (χ3v) is 4.37. The molecule has 0 aliphatic heterocycles. The molecule has 0 radical (unpaired) electrons. The quantitative estimate of drug-likeness (QED) is 0.603. The highest BCUT2D eigenvalue weighted by Crippen LogP contribution is 2.26. The molecule has 1 aromatic carbocycles. The Bertz CT molecular complexity index is 1170. The van der Waals surface area contributed by atoms with Gasteiger partial charge < -0.3 is 9.88 Å². The maximum Gasteiger partial charge on any atom is 0.258 e. The zero-order valence-corrected chi connectivity index (χ0v) is 14.8. The summed E-state index contributed by atoms with van der Waals surface area (Å²) in [4.78, 5) is 25.2. The molecular weight excluding hydrogens is 345 g/mol. The number of anilines is 1. The third kappa shape index (κ3) is 3.15. The van der Waals surface area contributed by atoms with E-state index in [9.17, 15) is 9.18 Å². The summed E-state index contributed by atoms with van der Waals surface area (Å²) in [6, 6.07) is 8.59. The molecule has 0 fully saturated rings. The van der Waals surface area contributed by atoms with E-state index in [2.05, 4.69) is 20.3 Å². The Labute approximate surface area is 154 Å². The SMILES string of the molecule is Cc1ccc(-c2cncc(F)c2)cc1NC(=O)c1ccnc2c1ncn2C. The van der Waals surface area contributed by atoms with Crippen molar-refractivity contribution in [2.24, 2.45) is 7.05 Å². The number of nitrogens with zero attached hydrogens (tertiary/aromatic N) is 4. The van der Waals surface area contributed by atoms with Gasteiger partial charge in [0.15, 0.2) is 5.65 Å². The Morgan fingerprint density at radius 3 is 2.78 bits per heavy atom. The molecule has 7 heteroatoms. The summed E-state index contributed by atoms with van der Waals surface area (Å²) >= 11 is 0. The summed E-state index contributed by atoms with van der Waals surface area (Å²) in [6.07, 6.45) is 5.94. The van der Waals surface area contributed by atoms with E-state index in [1.54, 1.807) is 35.4 Å². The highest BCUT2D eigenvalue weighted by atomic mass is 19.1. The average molecular weight is 361 g/mol. The Balaban J connectivity index is 1.69. The molecule has 27 heavy (non-hydrogen) atoms. The zero-order valence-electron chi connectivity index (χ0n) is 14.8. The fourth-order valence-corrected chi connectivity index (χ4v) is 2.91. The van der Waals surface area contributed by atoms with Crippen molar-refractivity contribution in [3.05, 3.63) is 72.2 Å². The minimum absolute atomic E-state index is 0.279. The summed E-state index contributed by atoms with van der Waals surface area (Å²) in [6.45, 7) is 1.89. The van der Waals surface area contributed by atoms with Crippen molar-refractivity contribution in [3.63, 3.8) is 0 Å². The fraction of sp³-hybridized carbons (Fsp3) is 0.100. The molecule has 0 atom stereocenters. The highest BCUT2D eigenvalue weighted by molar-refractivity contribution is 6.11. The second-order valence-electron chi connectivity index (χ2n) is 6.26. The van der Waals surface area contributed by atoms with Gasteiger partial charge >= 0.3 is 0 Å². The van der Waals surface area contributed by atoms with Gasteiger partial charge in [-0.05, 0) is 36.2 Å². The van der Waals surface area contributed by atoms with Crippen LogP contribution in [0.25, 0.3) is 22.3 Å². The van der Waals surface area contributed by atoms with E-state index in [-0.39, 0.29) is 5.91 Å². The number of benzene rings is 1. The van der Waals surface area contributed by atoms with Crippen LogP contribution >= 0.6 is 0 Å². The van der Waals surface area contributed by atoms with Gasteiger partial charge in [-0.3, -0.25) is 9.78 Å². The van der Waals surface area contributed by atoms with Crippen LogP contribution in [0.2, 0.25) is 0 Å². The van der Waals surface area contributed by atoms with Crippen molar-refractivity contribution in [1.29, 1.82) is 0 Å². The minimum Gasteiger partial charge on any atom is -0.322 e. The lowest BCUT2D eigenvalue weighted by Crippen LogP contribution is -2.13. The molecule has 0 bridgehead atoms. The molecular formula is C20H16FN5O. The number of carbonyl (C=O) groups excluding carboxylic acids is 1. The summed E-state index contributed by atoms with van der Waals surface area (Å²) in [5.41, 5.74) is 4.56. The van der Waals surface area contributed by atoms with Crippen molar-refractivity contribution >= 4 is 22.8 Å². The maximum atomic E-state index is 13.5. The number of carbonyl (C=O) groups is 1. The molecule has 0 aliphatic carbocycles. The van der Waals surface area contributed by atoms with Crippen molar-refractivity contribution in [1.82, 2.24) is 19.5 Å². The summed E-state index contributed by atoms with van der Waals surface area (Å²) in [5, 5.41) is 2.92. The second-order valence-corrected chi connectivity index (χ2v) is 6.26. The highest BCUT2D eigenvalue weighted by Gasteiger charge is 2.15. The molecule has 6 nitrogen and oxygen atoms in total. The fourth-order valence-electron chi connectivity index (χ4n) is 2.91. The number of aryl methyl sites for hydroxylation is 2. The molecule has 1 N–H and O–H groups in total. The van der Waals surface area contributed by atoms with Crippen molar-refractivity contribution in [2.75, 3.05) is 5.32 Å². The number of hydrogen-bond acceptors (Lipinski definition) is 4. The van der Waals surface area contributed by atoms with Gasteiger partial charge in [0, 0.05) is 30.7 Å². The minimum atomic E-state index is -0.409. The van der Waals surface area contributed by atoms with Crippen LogP contribution in [-0.2, 0) is 7.05 Å². The lowest BCUT2D eigenvalue weighted by molar-refractivity contribution is 0.102. The van der Waals surface area contributed by atoms with E-state index in [1.165, 1.54) is 6.07 Å². The number of fused-ring (bicyclic) bond motifs is 1. The predicted molar refractivity (Wildman–Crippen MR) is 101 cm³/mol. The number of imidazole rings is 1. The van der Waals surface area contributed by atoms with Crippen LogP contribution in [0, 0.1) is 12.7 Å². The first-order valence-corrected chi connectivity index (χ1v) is 8.32. The normalized spacial score (nSPS) is 10.9. The van der Waals surface area contributed by atoms with Crippen LogP contribution in [0.4, 0.5) is 10.1 Å². The molecule has 0 saturated heterocycles. The topological polar surface area (TPSA) is 72.7 Å². The van der Waals surface area contributed by atoms with Crippen LogP contribution in [0.15, 0.2) is 55.2 Å². The van der Waals surface area contributed by atoms with Gasteiger partial charge in [-0.15, -0.1) is 0 Å². The number of rotatable bonds is 3. The molecule has 4 aromatic rings. The van der Waals surface area contributed by atoms with Gasteiger partial charge in [0.25, 0.3) is 5.91 Å². The number of aromatic nitrogens is 4. The molecule has 0 spiro atoms. The van der Waals surface area contributed by atoms with E-state index in [1.807, 2.05) is 26.1 Å². The second kappa shape index (κ2) is 6.60. The van der Waals surface area contributed by atoms with E-state index in [4.69, 9.17) is 0 Å². The molecule has 134 valence electrons. The molecule has 0 saturated carbocycles. The summed E-state index contributed by atoms with van der Waals surface area (Å²) < 4.78 is 15.2. The van der Waals surface area contributed by atoms with E-state index in [0.29, 0.717) is 28.0 Å². The number of nitrogens with one attached hydrogen (secondary N) is 1. The smallest absolute Gasteiger partial charge is 0.258 e. The molecule has 3 heterocycles. The third-order valence-electron chi connectivity index (χ3n) is 4.37. The van der Waals surface area contributed by atoms with Gasteiger partial charge in [0.2, 0.25) is 0 Å². The molecule has 3 aromatic heterocycles. The van der Waals surface area contributed by atoms with E-state index in [0.717, 1.165) is 17.3 Å². The molecule has 0 aliphatic rings. The first-order chi connectivity index (χ1) is 13.0. The Morgan fingerprint density at radius 1 is 1.11 bits per heavy atom. The summed E-state index contributed by atoms with van der Waals surface area (Å²) in [7, 11) is 1.82. The monoisotopic (exact) mass is 361 g/mol. The number of pyridine rings is 2. The summed E-state index contributed by atoms with van der Waals surface area (Å²) in [5.74, 6) is -0.688. The largest absolute Gasteiger partial charge is 0.322 e. The number of amides is 1. The first kappa shape index (κ1) is 16.8. The van der Waals surface area contributed by atoms with Crippen LogP contribution in [0.1, 0.15) is 15.9 Å². The molecule has 1 amide bonds. The zero-order chi connectivity index (χ0) is 19.0. The van der Waals surface area contributed by atoms with Crippen LogP contribution in [0.5, 0.6) is 0 Å². The van der Waals surface area contributed by atoms with Gasteiger partial charge in [0.1, 0.15) is 11.3 Å². The van der Waals surface area contributed by atoms with Gasteiger partial charge in [-0.2, -0.15) is 0 Å². The molecule has 0 unspecified atom stereocenters. The van der Waals surface area contributed by atoms with E-state index < -0.39 is 5.82 Å². The Hall–Kier alpha value is -3.61. The van der Waals surface area contributed by atoms with Crippen molar-refractivity contribution in [2.45, 2.75) is 6.92 Å². The average Bonchev–Trinajstić information content (AvgIpc) is 3.04. The van der Waals surface area contributed by atoms with Gasteiger partial charge in [-0.25, -0.2) is 14.4 Å². The van der Waals surface area contributed by atoms with Gasteiger partial charge in [-0.1, -0.05) is 12.1 Å². The van der Waals surface area contributed by atoms with Crippen LogP contribution < -0.4 is 5.32 Å². The predicted octanol–water partition coefficient (Wildman–Crippen LogP) is 3.73. The van der Waals surface area contributed by atoms with Crippen molar-refractivity contribution in [3.8, 4) is 11.1 Å². The number of hydrogen-bond donors (Lipinski definition) is 1. The lowest BCUT2D eigenvalue weighted by atomic mass is 10.0. The Morgan fingerprint density at radius 2 is 1.96 bits per heavy atom. The maximum absolute atomic E-state index is 13.5. The van der Waals surface area contributed by atoms with Crippen LogP contribution in [0.3, 0.4) is 0 Å². The Kier molecular flexibility index (Phi) is 4.12. The standard InChI is InChI=1S/C20H16FN5O/c1-12-3-4-13(14-7-15(21)10-22-9-14)8-17(12)25-20(27)16-5-6-23-19-18(16)24-11-26(19)2/h3-11H,1-2H3,(H,25,27).